The van der Waals surface area contributed by atoms with Crippen molar-refractivity contribution in [1.82, 2.24) is 0 Å². The molecule has 0 bridgehead atoms. The Bertz CT molecular complexity index is 1420. The van der Waals surface area contributed by atoms with E-state index in [1.54, 1.807) is 205 Å². The van der Waals surface area contributed by atoms with E-state index in [1.807, 2.05) is 0 Å². The highest BCUT2D eigenvalue weighted by molar-refractivity contribution is 4.95. The normalized spacial score (nSPS) is 24.9. The molecule has 0 atom stereocenters. The molecule has 16 rings (SSSR count). The lowest BCUT2D eigenvalue weighted by Gasteiger charge is -2.45. The van der Waals surface area contributed by atoms with Gasteiger partial charge in [-0.15, -0.1) is 0 Å². The van der Waals surface area contributed by atoms with E-state index in [0.29, 0.717) is 0 Å². The van der Waals surface area contributed by atoms with Crippen LogP contribution in [-0.2, 0) is 0 Å². The first-order chi connectivity index (χ1) is 49.2. The largest absolute Gasteiger partial charge is 0.0630 e. The van der Waals surface area contributed by atoms with Crippen molar-refractivity contribution in [3.05, 3.63) is 0 Å². The fourth-order valence-electron chi connectivity index (χ4n) is 20.6. The van der Waals surface area contributed by atoms with Crippen LogP contribution in [0.1, 0.15) is 577 Å². The van der Waals surface area contributed by atoms with Gasteiger partial charge >= 0.3 is 0 Å². The first-order valence-electron chi connectivity index (χ1n) is 49.2. The second-order valence-corrected chi connectivity index (χ2v) is 45.2. The summed E-state index contributed by atoms with van der Waals surface area (Å²) < 4.78 is 0. The summed E-state index contributed by atoms with van der Waals surface area (Å²) in [6.07, 6.45) is 98.8. The number of hydrogen-bond donors (Lipinski definition) is 0. The minimum absolute atomic E-state index is 0.833. The molecule has 16 fully saturated rings. The Morgan fingerprint density at radius 2 is 0.135 bits per heavy atom. The molecule has 0 saturated heterocycles. The Morgan fingerprint density at radius 3 is 0.183 bits per heavy atom. The second-order valence-electron chi connectivity index (χ2n) is 45.2. The van der Waals surface area contributed by atoms with E-state index in [1.165, 1.54) is 205 Å². The molecule has 8 spiro atoms. The zero-order valence-corrected chi connectivity index (χ0v) is 77.9. The summed E-state index contributed by atoms with van der Waals surface area (Å²) in [6.45, 7) is 52.0. The minimum atomic E-state index is 0.833. The second kappa shape index (κ2) is 57.9. The fraction of sp³-hybridized carbons (Fsp3) is 1.00. The van der Waals surface area contributed by atoms with Gasteiger partial charge in [-0.3, -0.25) is 0 Å². The van der Waals surface area contributed by atoms with Crippen molar-refractivity contribution in [2.45, 2.75) is 577 Å². The molecular weight excluding hydrogens is 1250 g/mol. The molecule has 16 aliphatic carbocycles. The first kappa shape index (κ1) is 102. The van der Waals surface area contributed by atoms with Crippen LogP contribution < -0.4 is 0 Å². The van der Waals surface area contributed by atoms with Gasteiger partial charge in [0.25, 0.3) is 0 Å². The van der Waals surface area contributed by atoms with Crippen molar-refractivity contribution in [2.75, 3.05) is 0 Å². The van der Waals surface area contributed by atoms with E-state index in [9.17, 15) is 0 Å². The lowest BCUT2D eigenvalue weighted by Crippen LogP contribution is -2.31. The van der Waals surface area contributed by atoms with Gasteiger partial charge < -0.3 is 0 Å². The fourth-order valence-corrected chi connectivity index (χ4v) is 20.6. The zero-order chi connectivity index (χ0) is 77.9. The van der Waals surface area contributed by atoms with Gasteiger partial charge in [-0.25, -0.2) is 0 Å². The maximum absolute atomic E-state index is 2.17. The van der Waals surface area contributed by atoms with E-state index in [4.69, 9.17) is 0 Å². The van der Waals surface area contributed by atoms with Gasteiger partial charge in [0, 0.05) is 0 Å². The summed E-state index contributed by atoms with van der Waals surface area (Å²) in [7, 11) is 0. The van der Waals surface area contributed by atoms with Gasteiger partial charge in [0.2, 0.25) is 0 Å². The molecule has 624 valence electrons. The van der Waals surface area contributed by atoms with Crippen LogP contribution in [0.5, 0.6) is 0 Å². The van der Waals surface area contributed by atoms with Crippen LogP contribution in [-0.4, -0.2) is 0 Å². The van der Waals surface area contributed by atoms with Crippen molar-refractivity contribution < 1.29 is 0 Å². The van der Waals surface area contributed by atoms with Gasteiger partial charge in [0.05, 0.1) is 0 Å². The molecule has 0 aromatic heterocycles. The van der Waals surface area contributed by atoms with Crippen LogP contribution in [0.25, 0.3) is 0 Å². The summed E-state index contributed by atoms with van der Waals surface area (Å²) in [5, 5.41) is 0. The van der Waals surface area contributed by atoms with Gasteiger partial charge in [-0.1, -0.05) is 372 Å². The Hall–Kier alpha value is 0. The summed E-state index contributed by atoms with van der Waals surface area (Å²) in [6, 6.07) is 0. The summed E-state index contributed by atoms with van der Waals surface area (Å²) in [4.78, 5) is 0. The van der Waals surface area contributed by atoms with E-state index in [0.717, 1.165) is 90.7 Å². The van der Waals surface area contributed by atoms with Crippen LogP contribution in [0.15, 0.2) is 0 Å². The number of rotatable bonds is 0. The molecular formula is C104H208. The Kier molecular flexibility index (Phi) is 56.8. The van der Waals surface area contributed by atoms with Crippen LogP contribution >= 0.6 is 0 Å². The molecule has 104 heavy (non-hydrogen) atoms. The van der Waals surface area contributed by atoms with Crippen molar-refractivity contribution in [3.63, 3.8) is 0 Å². The Morgan fingerprint density at radius 1 is 0.0865 bits per heavy atom. The summed E-state index contributed by atoms with van der Waals surface area (Å²) in [5.74, 6) is 6.67. The van der Waals surface area contributed by atoms with Gasteiger partial charge in [0.1, 0.15) is 0 Å². The molecule has 0 aromatic carbocycles. The van der Waals surface area contributed by atoms with Crippen LogP contribution in [0.2, 0.25) is 0 Å². The van der Waals surface area contributed by atoms with Crippen molar-refractivity contribution >= 4 is 0 Å². The molecule has 16 saturated carbocycles. The van der Waals surface area contributed by atoms with Gasteiger partial charge in [-0.05, 0) is 296 Å². The molecule has 0 N–H and O–H groups in total. The molecule has 16 aliphatic rings. The lowest BCUT2D eigenvalue weighted by molar-refractivity contribution is 0.0774. The van der Waals surface area contributed by atoms with E-state index in [2.05, 4.69) is 166 Å². The predicted octanol–water partition coefficient (Wildman–Crippen LogP) is 38.3. The van der Waals surface area contributed by atoms with Crippen LogP contribution in [0, 0.1) is 90.7 Å². The average Bonchev–Trinajstić information content (AvgIpc) is 1.38. The van der Waals surface area contributed by atoms with Crippen molar-refractivity contribution in [2.24, 2.45) is 90.7 Å². The van der Waals surface area contributed by atoms with Crippen molar-refractivity contribution in [1.29, 1.82) is 0 Å². The van der Waals surface area contributed by atoms with Gasteiger partial charge in [-0.2, -0.15) is 0 Å². The maximum Gasteiger partial charge on any atom is -0.0297 e. The Labute approximate surface area is 663 Å². The molecule has 0 heterocycles. The quantitative estimate of drug-likeness (QED) is 0.227. The molecule has 0 radical (unpaired) electrons. The molecule has 0 amide bonds. The third-order valence-electron chi connectivity index (χ3n) is 26.6. The molecule has 0 heteroatoms. The molecule has 0 nitrogen and oxygen atoms in total. The highest BCUT2D eigenvalue weighted by Crippen LogP contribution is 2.56. The summed E-state index contributed by atoms with van der Waals surface area (Å²) in [5.41, 5.74) is 7.17. The maximum atomic E-state index is 2.17. The van der Waals surface area contributed by atoms with E-state index >= 15 is 0 Å². The number of hydrogen-bond acceptors (Lipinski definition) is 0. The molecule has 0 aliphatic heterocycles. The van der Waals surface area contributed by atoms with E-state index in [-0.39, 0.29) is 0 Å². The van der Waals surface area contributed by atoms with Gasteiger partial charge in [0.15, 0.2) is 0 Å². The molecule has 0 unspecified atom stereocenters. The highest BCUT2D eigenvalue weighted by Gasteiger charge is 2.42. The topological polar surface area (TPSA) is 0 Å². The zero-order valence-electron chi connectivity index (χ0n) is 77.9. The predicted molar refractivity (Wildman–Crippen MR) is 479 cm³/mol. The summed E-state index contributed by atoms with van der Waals surface area (Å²) >= 11 is 0. The monoisotopic (exact) mass is 1460 g/mol. The first-order valence-corrected chi connectivity index (χ1v) is 49.2. The molecule has 0 aromatic rings. The Balaban J connectivity index is 0.000000563. The third kappa shape index (κ3) is 50.2. The lowest BCUT2D eigenvalue weighted by atomic mass is 9.61. The van der Waals surface area contributed by atoms with Crippen LogP contribution in [0.3, 0.4) is 0 Å². The highest BCUT2D eigenvalue weighted by atomic mass is 14.5. The van der Waals surface area contributed by atoms with Crippen molar-refractivity contribution in [3.8, 4) is 0 Å². The minimum Gasteiger partial charge on any atom is -0.0630 e. The standard InChI is InChI=1S/8C9H16.8C4H10/c3*1-2-6-9(5-1)7-3-4-8-9;5*1-2-5-9(6-3-1)7-4-8-9;8*1-4(2)3/h8*1-8H2;8*4H,1-3H3. The van der Waals surface area contributed by atoms with Crippen LogP contribution in [0.4, 0.5) is 0 Å². The van der Waals surface area contributed by atoms with E-state index < -0.39 is 0 Å². The average molecular weight is 1460 g/mol. The smallest absolute Gasteiger partial charge is 0.0297 e. The third-order valence-corrected chi connectivity index (χ3v) is 26.6. The SMILES string of the molecule is C1CCC2(C1)CCCC2.C1CCC2(C1)CCCC2.C1CCC2(C1)CCCC2.C1CCC2(CC1)CCC2.C1CCC2(CC1)CCC2.C1CCC2(CC1)CCC2.C1CCC2(CC1)CCC2.C1CCC2(CC1)CCC2.CC(C)C.CC(C)C.CC(C)C.CC(C)C.CC(C)C.CC(C)C.CC(C)C.CC(C)C.